The second-order valence-corrected chi connectivity index (χ2v) is 6.70. The van der Waals surface area contributed by atoms with E-state index >= 15 is 0 Å². The van der Waals surface area contributed by atoms with Gasteiger partial charge in [-0.15, -0.1) is 0 Å². The van der Waals surface area contributed by atoms with Crippen molar-refractivity contribution < 1.29 is 18.7 Å². The van der Waals surface area contributed by atoms with Crippen LogP contribution in [0.2, 0.25) is 0 Å². The number of likely N-dealkylation sites (tertiary alicyclic amines) is 1. The van der Waals surface area contributed by atoms with Crippen LogP contribution < -0.4 is 0 Å². The molecule has 1 amide bonds. The van der Waals surface area contributed by atoms with Gasteiger partial charge in [0.15, 0.2) is 6.61 Å². The minimum atomic E-state index is -0.411. The van der Waals surface area contributed by atoms with E-state index in [4.69, 9.17) is 9.15 Å². The van der Waals surface area contributed by atoms with Crippen molar-refractivity contribution >= 4 is 33.6 Å². The number of fused-ring (bicyclic) bond motifs is 3. The van der Waals surface area contributed by atoms with Gasteiger partial charge in [0.2, 0.25) is 0 Å². The highest BCUT2D eigenvalue weighted by atomic mass is 16.5. The van der Waals surface area contributed by atoms with E-state index in [-0.39, 0.29) is 18.9 Å². The number of nitrogens with zero attached hydrogens (tertiary/aromatic N) is 1. The summed E-state index contributed by atoms with van der Waals surface area (Å²) in [4.78, 5) is 26.1. The van der Waals surface area contributed by atoms with Crippen LogP contribution in [0.25, 0.3) is 21.7 Å². The van der Waals surface area contributed by atoms with Gasteiger partial charge in [0.25, 0.3) is 5.91 Å². The Balaban J connectivity index is 1.46. The average molecular weight is 351 g/mol. The number of hydrogen-bond donors (Lipinski definition) is 0. The number of hydrogen-bond acceptors (Lipinski definition) is 4. The lowest BCUT2D eigenvalue weighted by Crippen LogP contribution is -2.38. The van der Waals surface area contributed by atoms with E-state index in [0.717, 1.165) is 59.7 Å². The largest absolute Gasteiger partial charge is 0.464 e. The smallest absolute Gasteiger partial charge is 0.310 e. The predicted molar refractivity (Wildman–Crippen MR) is 98.8 cm³/mol. The maximum absolute atomic E-state index is 12.2. The van der Waals surface area contributed by atoms with Crippen LogP contribution in [0.15, 0.2) is 47.1 Å². The van der Waals surface area contributed by atoms with E-state index in [1.807, 2.05) is 36.4 Å². The standard InChI is InChI=1S/C21H21NO4/c23-19(22-10-4-1-5-11-22)14-26-20(24)12-16-13-25-18-9-8-15-6-2-3-7-17(15)21(16)18/h2-3,6-9,13H,1,4-5,10-12,14H2. The van der Waals surface area contributed by atoms with Gasteiger partial charge in [-0.2, -0.15) is 0 Å². The Morgan fingerprint density at radius 2 is 1.85 bits per heavy atom. The zero-order chi connectivity index (χ0) is 17.9. The normalized spacial score (nSPS) is 14.7. The van der Waals surface area contributed by atoms with Gasteiger partial charge in [-0.1, -0.05) is 30.3 Å². The van der Waals surface area contributed by atoms with Crippen molar-refractivity contribution in [1.29, 1.82) is 0 Å². The monoisotopic (exact) mass is 351 g/mol. The second kappa shape index (κ2) is 7.20. The number of piperidine rings is 1. The molecule has 1 aliphatic heterocycles. The number of furan rings is 1. The van der Waals surface area contributed by atoms with Crippen LogP contribution in [-0.2, 0) is 20.7 Å². The highest BCUT2D eigenvalue weighted by Crippen LogP contribution is 2.30. The molecule has 134 valence electrons. The summed E-state index contributed by atoms with van der Waals surface area (Å²) in [5, 5.41) is 3.07. The van der Waals surface area contributed by atoms with Gasteiger partial charge in [-0.25, -0.2) is 0 Å². The van der Waals surface area contributed by atoms with Gasteiger partial charge >= 0.3 is 5.97 Å². The number of carbonyl (C=O) groups excluding carboxylic acids is 2. The van der Waals surface area contributed by atoms with Gasteiger partial charge < -0.3 is 14.1 Å². The van der Waals surface area contributed by atoms with E-state index in [0.29, 0.717) is 0 Å². The van der Waals surface area contributed by atoms with Gasteiger partial charge in [0, 0.05) is 24.0 Å². The molecule has 0 unspecified atom stereocenters. The molecule has 0 radical (unpaired) electrons. The van der Waals surface area contributed by atoms with Gasteiger partial charge in [0.1, 0.15) is 5.58 Å². The number of ether oxygens (including phenoxy) is 1. The molecule has 2 heterocycles. The lowest BCUT2D eigenvalue weighted by atomic mass is 10.0. The first-order chi connectivity index (χ1) is 12.7. The first-order valence-electron chi connectivity index (χ1n) is 9.03. The lowest BCUT2D eigenvalue weighted by molar-refractivity contribution is -0.151. The molecule has 0 atom stereocenters. The van der Waals surface area contributed by atoms with Crippen molar-refractivity contribution in [2.45, 2.75) is 25.7 Å². The van der Waals surface area contributed by atoms with Crippen LogP contribution in [0.3, 0.4) is 0 Å². The Labute approximate surface area is 151 Å². The summed E-state index contributed by atoms with van der Waals surface area (Å²) >= 11 is 0. The fourth-order valence-corrected chi connectivity index (χ4v) is 3.59. The lowest BCUT2D eigenvalue weighted by Gasteiger charge is -2.26. The third kappa shape index (κ3) is 3.29. The minimum Gasteiger partial charge on any atom is -0.464 e. The number of benzene rings is 2. The van der Waals surface area contributed by atoms with Crippen LogP contribution in [0.4, 0.5) is 0 Å². The predicted octanol–water partition coefficient (Wildman–Crippen LogP) is 3.68. The molecule has 1 aromatic heterocycles. The Morgan fingerprint density at radius 3 is 2.69 bits per heavy atom. The van der Waals surface area contributed by atoms with E-state index in [9.17, 15) is 9.59 Å². The molecule has 0 bridgehead atoms. The summed E-state index contributed by atoms with van der Waals surface area (Å²) in [6.45, 7) is 1.33. The van der Waals surface area contributed by atoms with Crippen LogP contribution in [0.5, 0.6) is 0 Å². The topological polar surface area (TPSA) is 59.8 Å². The first-order valence-corrected chi connectivity index (χ1v) is 9.03. The first kappa shape index (κ1) is 16.6. The fourth-order valence-electron chi connectivity index (χ4n) is 3.59. The third-order valence-corrected chi connectivity index (χ3v) is 4.94. The van der Waals surface area contributed by atoms with E-state index in [2.05, 4.69) is 0 Å². The van der Waals surface area contributed by atoms with Gasteiger partial charge in [0.05, 0.1) is 12.7 Å². The molecule has 5 heteroatoms. The number of amides is 1. The van der Waals surface area contributed by atoms with Crippen molar-refractivity contribution in [2.24, 2.45) is 0 Å². The van der Waals surface area contributed by atoms with Gasteiger partial charge in [-0.3, -0.25) is 9.59 Å². The quantitative estimate of drug-likeness (QED) is 0.673. The minimum absolute atomic E-state index is 0.0916. The average Bonchev–Trinajstić information content (AvgIpc) is 3.10. The Kier molecular flexibility index (Phi) is 4.61. The summed E-state index contributed by atoms with van der Waals surface area (Å²) in [5.41, 5.74) is 1.53. The molecule has 1 saturated heterocycles. The van der Waals surface area contributed by atoms with E-state index in [1.165, 1.54) is 0 Å². The van der Waals surface area contributed by atoms with Crippen LogP contribution in [-0.4, -0.2) is 36.5 Å². The summed E-state index contributed by atoms with van der Waals surface area (Å²) in [5.74, 6) is -0.522. The molecule has 2 aromatic carbocycles. The highest BCUT2D eigenvalue weighted by Gasteiger charge is 2.19. The zero-order valence-electron chi connectivity index (χ0n) is 14.6. The van der Waals surface area contributed by atoms with Crippen molar-refractivity contribution in [3.63, 3.8) is 0 Å². The highest BCUT2D eigenvalue weighted by molar-refractivity contribution is 6.08. The van der Waals surface area contributed by atoms with Gasteiger partial charge in [-0.05, 0) is 36.1 Å². The molecule has 0 spiro atoms. The number of esters is 1. The summed E-state index contributed by atoms with van der Waals surface area (Å²) in [6.07, 6.45) is 4.89. The number of rotatable bonds is 4. The molecule has 4 rings (SSSR count). The Hall–Kier alpha value is -2.82. The second-order valence-electron chi connectivity index (χ2n) is 6.70. The molecule has 1 aliphatic rings. The van der Waals surface area contributed by atoms with Crippen molar-refractivity contribution in [2.75, 3.05) is 19.7 Å². The molecular weight excluding hydrogens is 330 g/mol. The molecule has 5 nitrogen and oxygen atoms in total. The van der Waals surface area contributed by atoms with E-state index < -0.39 is 5.97 Å². The Morgan fingerprint density at radius 1 is 1.04 bits per heavy atom. The van der Waals surface area contributed by atoms with E-state index in [1.54, 1.807) is 11.2 Å². The summed E-state index contributed by atoms with van der Waals surface area (Å²) in [7, 11) is 0. The SMILES string of the molecule is O=C(Cc1coc2ccc3ccccc3c12)OCC(=O)N1CCCCC1. The number of carbonyl (C=O) groups is 2. The van der Waals surface area contributed by atoms with Crippen molar-refractivity contribution in [3.8, 4) is 0 Å². The zero-order valence-corrected chi connectivity index (χ0v) is 14.6. The molecule has 0 aliphatic carbocycles. The fraction of sp³-hybridized carbons (Fsp3) is 0.333. The summed E-state index contributed by atoms with van der Waals surface area (Å²) in [6, 6.07) is 11.9. The maximum atomic E-state index is 12.2. The van der Waals surface area contributed by atoms with Crippen LogP contribution in [0, 0.1) is 0 Å². The molecule has 3 aromatic rings. The third-order valence-electron chi connectivity index (χ3n) is 4.94. The summed E-state index contributed by atoms with van der Waals surface area (Å²) < 4.78 is 10.8. The molecular formula is C21H21NO4. The molecule has 0 saturated carbocycles. The molecule has 0 N–H and O–H groups in total. The molecule has 26 heavy (non-hydrogen) atoms. The van der Waals surface area contributed by atoms with Crippen molar-refractivity contribution in [3.05, 3.63) is 48.2 Å². The van der Waals surface area contributed by atoms with Crippen LogP contribution in [0.1, 0.15) is 24.8 Å². The Bertz CT molecular complexity index is 953. The maximum Gasteiger partial charge on any atom is 0.310 e. The van der Waals surface area contributed by atoms with Crippen LogP contribution >= 0.6 is 0 Å². The van der Waals surface area contributed by atoms with Crippen molar-refractivity contribution in [1.82, 2.24) is 4.90 Å². The molecule has 1 fully saturated rings.